The van der Waals surface area contributed by atoms with E-state index in [9.17, 15) is 0 Å². The number of halogens is 1. The van der Waals surface area contributed by atoms with Crippen molar-refractivity contribution in [3.63, 3.8) is 0 Å². The molecule has 0 bridgehead atoms. The maximum atomic E-state index is 5.94. The molecule has 0 amide bonds. The third-order valence-electron chi connectivity index (χ3n) is 3.64. The number of rotatable bonds is 5. The molecule has 1 unspecified atom stereocenters. The van der Waals surface area contributed by atoms with Crippen LogP contribution in [0.1, 0.15) is 25.6 Å². The monoisotopic (exact) mass is 329 g/mol. The molecule has 5 heteroatoms. The van der Waals surface area contributed by atoms with Crippen molar-refractivity contribution in [3.8, 4) is 0 Å². The maximum absolute atomic E-state index is 5.94. The fourth-order valence-corrected chi connectivity index (χ4v) is 3.20. The number of piperazine rings is 1. The largest absolute Gasteiger partial charge is 0.466 e. The average Bonchev–Trinajstić information content (AvgIpc) is 2.78. The first-order valence-electron chi connectivity index (χ1n) is 7.01. The quantitative estimate of drug-likeness (QED) is 0.900. The second-order valence-corrected chi connectivity index (χ2v) is 6.47. The Morgan fingerprint density at radius 1 is 1.32 bits per heavy atom. The number of hydrogen-bond acceptors (Lipinski definition) is 4. The van der Waals surface area contributed by atoms with E-state index in [1.54, 1.807) is 6.26 Å². The van der Waals surface area contributed by atoms with Crippen LogP contribution < -0.4 is 5.73 Å². The highest BCUT2D eigenvalue weighted by Gasteiger charge is 2.27. The molecule has 0 aromatic carbocycles. The van der Waals surface area contributed by atoms with Crippen molar-refractivity contribution < 1.29 is 4.42 Å². The molecule has 1 aliphatic heterocycles. The lowest BCUT2D eigenvalue weighted by molar-refractivity contribution is 0.0827. The number of nitrogens with two attached hydrogens (primary N) is 1. The minimum absolute atomic E-state index is 0.186. The van der Waals surface area contributed by atoms with Crippen LogP contribution in [-0.4, -0.2) is 49.1 Å². The molecule has 0 spiro atoms. The molecule has 2 heterocycles. The summed E-state index contributed by atoms with van der Waals surface area (Å²) in [6, 6.07) is 2.12. The predicted octanol–water partition coefficient (Wildman–Crippen LogP) is 2.32. The van der Waals surface area contributed by atoms with Gasteiger partial charge in [0.05, 0.1) is 16.8 Å². The Morgan fingerprint density at radius 3 is 2.47 bits per heavy atom. The van der Waals surface area contributed by atoms with Crippen molar-refractivity contribution in [1.29, 1.82) is 0 Å². The molecule has 1 aromatic heterocycles. The summed E-state index contributed by atoms with van der Waals surface area (Å²) in [5, 5.41) is 0. The van der Waals surface area contributed by atoms with Crippen molar-refractivity contribution in [2.75, 3.05) is 39.3 Å². The maximum Gasteiger partial charge on any atom is 0.136 e. The summed E-state index contributed by atoms with van der Waals surface area (Å²) < 4.78 is 6.60. The van der Waals surface area contributed by atoms with Crippen LogP contribution >= 0.6 is 15.9 Å². The molecule has 4 nitrogen and oxygen atoms in total. The summed E-state index contributed by atoms with van der Waals surface area (Å²) in [5.74, 6) is 1.69. The van der Waals surface area contributed by atoms with Gasteiger partial charge in [-0.1, -0.05) is 13.8 Å². The third-order valence-corrected chi connectivity index (χ3v) is 4.30. The molecule has 1 fully saturated rings. The average molecular weight is 330 g/mol. The van der Waals surface area contributed by atoms with E-state index in [1.165, 1.54) is 6.54 Å². The Hall–Kier alpha value is -0.360. The molecule has 0 aliphatic carbocycles. The van der Waals surface area contributed by atoms with Crippen LogP contribution in [0, 0.1) is 5.92 Å². The number of hydrogen-bond donors (Lipinski definition) is 1. The number of nitrogens with zero attached hydrogens (tertiary/aromatic N) is 2. The van der Waals surface area contributed by atoms with Gasteiger partial charge in [0.1, 0.15) is 5.76 Å². The zero-order valence-electron chi connectivity index (χ0n) is 11.8. The van der Waals surface area contributed by atoms with E-state index < -0.39 is 0 Å². The van der Waals surface area contributed by atoms with E-state index in [-0.39, 0.29) is 6.04 Å². The summed E-state index contributed by atoms with van der Waals surface area (Å²) in [6.07, 6.45) is 1.72. The first-order chi connectivity index (χ1) is 9.11. The lowest BCUT2D eigenvalue weighted by Crippen LogP contribution is -2.49. The SMILES string of the molecule is CC(C)CN1CCN(C(CN)c2occc2Br)CC1. The van der Waals surface area contributed by atoms with Crippen LogP contribution in [0.25, 0.3) is 0 Å². The first-order valence-corrected chi connectivity index (χ1v) is 7.80. The predicted molar refractivity (Wildman–Crippen MR) is 81.1 cm³/mol. The highest BCUT2D eigenvalue weighted by Crippen LogP contribution is 2.29. The minimum Gasteiger partial charge on any atom is -0.466 e. The molecule has 108 valence electrons. The molecule has 1 aliphatic rings. The highest BCUT2D eigenvalue weighted by molar-refractivity contribution is 9.10. The van der Waals surface area contributed by atoms with Crippen molar-refractivity contribution in [2.45, 2.75) is 19.9 Å². The van der Waals surface area contributed by atoms with Gasteiger partial charge in [0, 0.05) is 39.3 Å². The fraction of sp³-hybridized carbons (Fsp3) is 0.714. The zero-order chi connectivity index (χ0) is 13.8. The van der Waals surface area contributed by atoms with Gasteiger partial charge in [0.2, 0.25) is 0 Å². The van der Waals surface area contributed by atoms with Crippen LogP contribution in [0.5, 0.6) is 0 Å². The summed E-state index contributed by atoms with van der Waals surface area (Å²) in [4.78, 5) is 4.96. The first kappa shape index (κ1) is 15.0. The molecular formula is C14H24BrN3O. The summed E-state index contributed by atoms with van der Waals surface area (Å²) >= 11 is 3.53. The Labute approximate surface area is 124 Å². The molecule has 0 saturated carbocycles. The van der Waals surface area contributed by atoms with Gasteiger partial charge in [-0.25, -0.2) is 0 Å². The highest BCUT2D eigenvalue weighted by atomic mass is 79.9. The Balaban J connectivity index is 1.94. The molecule has 1 aromatic rings. The van der Waals surface area contributed by atoms with E-state index in [1.807, 2.05) is 6.07 Å². The second kappa shape index (κ2) is 6.88. The van der Waals surface area contributed by atoms with Crippen molar-refractivity contribution in [1.82, 2.24) is 9.80 Å². The molecule has 0 radical (unpaired) electrons. The molecule has 19 heavy (non-hydrogen) atoms. The van der Waals surface area contributed by atoms with Crippen LogP contribution in [0.4, 0.5) is 0 Å². The Bertz CT molecular complexity index is 386. The topological polar surface area (TPSA) is 45.6 Å². The standard InChI is InChI=1S/C14H24BrN3O/c1-11(2)10-17-4-6-18(7-5-17)13(9-16)14-12(15)3-8-19-14/h3,8,11,13H,4-7,9-10,16H2,1-2H3. The normalized spacial score (nSPS) is 20.1. The van der Waals surface area contributed by atoms with Crippen LogP contribution in [-0.2, 0) is 0 Å². The fourth-order valence-electron chi connectivity index (χ4n) is 2.74. The van der Waals surface area contributed by atoms with E-state index in [2.05, 4.69) is 39.6 Å². The lowest BCUT2D eigenvalue weighted by Gasteiger charge is -2.38. The Kier molecular flexibility index (Phi) is 5.45. The van der Waals surface area contributed by atoms with Gasteiger partial charge in [-0.3, -0.25) is 4.90 Å². The number of furan rings is 1. The van der Waals surface area contributed by atoms with Gasteiger partial charge in [0.25, 0.3) is 0 Å². The molecule has 2 N–H and O–H groups in total. The molecular weight excluding hydrogens is 306 g/mol. The van der Waals surface area contributed by atoms with Crippen LogP contribution in [0.2, 0.25) is 0 Å². The minimum atomic E-state index is 0.186. The molecule has 2 rings (SSSR count). The van der Waals surface area contributed by atoms with Gasteiger partial charge in [0.15, 0.2) is 0 Å². The van der Waals surface area contributed by atoms with Crippen molar-refractivity contribution >= 4 is 15.9 Å². The van der Waals surface area contributed by atoms with Gasteiger partial charge >= 0.3 is 0 Å². The zero-order valence-corrected chi connectivity index (χ0v) is 13.4. The molecule has 1 saturated heterocycles. The van der Waals surface area contributed by atoms with E-state index >= 15 is 0 Å². The summed E-state index contributed by atoms with van der Waals surface area (Å²) in [5.41, 5.74) is 5.94. The van der Waals surface area contributed by atoms with Crippen molar-refractivity contribution in [2.24, 2.45) is 11.7 Å². The smallest absolute Gasteiger partial charge is 0.136 e. The van der Waals surface area contributed by atoms with E-state index in [0.29, 0.717) is 6.54 Å². The van der Waals surface area contributed by atoms with Crippen molar-refractivity contribution in [3.05, 3.63) is 22.6 Å². The van der Waals surface area contributed by atoms with Gasteiger partial charge in [-0.15, -0.1) is 0 Å². The van der Waals surface area contributed by atoms with Gasteiger partial charge in [-0.05, 0) is 27.9 Å². The van der Waals surface area contributed by atoms with Gasteiger partial charge < -0.3 is 15.1 Å². The lowest BCUT2D eigenvalue weighted by atomic mass is 10.1. The Morgan fingerprint density at radius 2 is 2.00 bits per heavy atom. The van der Waals surface area contributed by atoms with E-state index in [4.69, 9.17) is 10.2 Å². The third kappa shape index (κ3) is 3.81. The van der Waals surface area contributed by atoms with Crippen LogP contribution in [0.15, 0.2) is 21.2 Å². The summed E-state index contributed by atoms with van der Waals surface area (Å²) in [6.45, 7) is 10.7. The second-order valence-electron chi connectivity index (χ2n) is 5.61. The summed E-state index contributed by atoms with van der Waals surface area (Å²) in [7, 11) is 0. The van der Waals surface area contributed by atoms with E-state index in [0.717, 1.165) is 42.3 Å². The van der Waals surface area contributed by atoms with Crippen LogP contribution in [0.3, 0.4) is 0 Å². The van der Waals surface area contributed by atoms with Gasteiger partial charge in [-0.2, -0.15) is 0 Å². The molecule has 1 atom stereocenters.